The van der Waals surface area contributed by atoms with E-state index >= 15 is 0 Å². The fourth-order valence-electron chi connectivity index (χ4n) is 2.02. The molecule has 17 heavy (non-hydrogen) atoms. The molecule has 100 valence electrons. The molecule has 0 atom stereocenters. The van der Waals surface area contributed by atoms with Crippen LogP contribution in [0.5, 0.6) is 0 Å². The van der Waals surface area contributed by atoms with Crippen LogP contribution in [0.2, 0.25) is 0 Å². The summed E-state index contributed by atoms with van der Waals surface area (Å²) < 4.78 is 0. The molecule has 0 aromatic carbocycles. The summed E-state index contributed by atoms with van der Waals surface area (Å²) in [5.41, 5.74) is 4.90. The smallest absolute Gasteiger partial charge is 0.233 e. The predicted octanol–water partition coefficient (Wildman–Crippen LogP) is 2.77. The maximum Gasteiger partial charge on any atom is 0.233 e. The molecular weight excluding hydrogens is 232 g/mol. The normalized spacial score (nSPS) is 12.3. The highest BCUT2D eigenvalue weighted by atomic mass is 32.1. The van der Waals surface area contributed by atoms with Gasteiger partial charge in [-0.2, -0.15) is 0 Å². The molecule has 0 unspecified atom stereocenters. The van der Waals surface area contributed by atoms with Gasteiger partial charge in [0.15, 0.2) is 0 Å². The Bertz CT molecular complexity index is 276. The minimum absolute atomic E-state index is 0.0267. The molecule has 3 nitrogen and oxygen atoms in total. The van der Waals surface area contributed by atoms with Gasteiger partial charge < -0.3 is 11.1 Å². The molecule has 0 heterocycles. The van der Waals surface area contributed by atoms with Gasteiger partial charge >= 0.3 is 0 Å². The van der Waals surface area contributed by atoms with Crippen LogP contribution in [0.25, 0.3) is 0 Å². The molecular formula is C13H26N2OS. The average molecular weight is 258 g/mol. The molecule has 3 N–H and O–H groups in total. The molecule has 0 fully saturated rings. The quantitative estimate of drug-likeness (QED) is 0.720. The summed E-state index contributed by atoms with van der Waals surface area (Å²) in [6.07, 6.45) is 3.24. The van der Waals surface area contributed by atoms with E-state index in [9.17, 15) is 4.79 Å². The summed E-state index contributed by atoms with van der Waals surface area (Å²) in [5.74, 6) is -0.0267. The second-order valence-electron chi connectivity index (χ2n) is 5.65. The summed E-state index contributed by atoms with van der Waals surface area (Å²) in [6.45, 7) is 9.99. The number of amides is 1. The topological polar surface area (TPSA) is 55.1 Å². The summed E-state index contributed by atoms with van der Waals surface area (Å²) in [4.78, 5) is 12.7. The SMILES string of the molecule is CCCC(CCC)(C(=O)NC(C)(C)C)C(N)=S. The van der Waals surface area contributed by atoms with Crippen LogP contribution < -0.4 is 11.1 Å². The van der Waals surface area contributed by atoms with E-state index in [0.29, 0.717) is 4.99 Å². The number of carbonyl (C=O) groups excluding carboxylic acids is 1. The first-order valence-corrected chi connectivity index (χ1v) is 6.73. The Balaban J connectivity index is 5.13. The molecule has 4 heteroatoms. The second-order valence-corrected chi connectivity index (χ2v) is 6.09. The zero-order valence-corrected chi connectivity index (χ0v) is 12.5. The predicted molar refractivity (Wildman–Crippen MR) is 76.9 cm³/mol. The van der Waals surface area contributed by atoms with E-state index in [1.54, 1.807) is 0 Å². The first-order valence-electron chi connectivity index (χ1n) is 6.32. The molecule has 0 bridgehead atoms. The van der Waals surface area contributed by atoms with Crippen molar-refractivity contribution in [1.29, 1.82) is 0 Å². The highest BCUT2D eigenvalue weighted by Gasteiger charge is 2.40. The molecule has 0 aliphatic carbocycles. The zero-order chi connectivity index (χ0) is 13.7. The minimum Gasteiger partial charge on any atom is -0.392 e. The Morgan fingerprint density at radius 2 is 1.59 bits per heavy atom. The lowest BCUT2D eigenvalue weighted by Gasteiger charge is -2.34. The van der Waals surface area contributed by atoms with Gasteiger partial charge in [-0.15, -0.1) is 0 Å². The van der Waals surface area contributed by atoms with Crippen LogP contribution in [0.3, 0.4) is 0 Å². The van der Waals surface area contributed by atoms with Gasteiger partial charge in [-0.05, 0) is 33.6 Å². The van der Waals surface area contributed by atoms with Crippen LogP contribution in [0.1, 0.15) is 60.3 Å². The molecule has 0 aliphatic heterocycles. The van der Waals surface area contributed by atoms with Crippen LogP contribution in [-0.2, 0) is 4.79 Å². The maximum absolute atomic E-state index is 12.4. The summed E-state index contributed by atoms with van der Waals surface area (Å²) in [5, 5.41) is 3.00. The number of thiocarbonyl (C=S) groups is 1. The number of hydrogen-bond donors (Lipinski definition) is 2. The number of hydrogen-bond acceptors (Lipinski definition) is 2. The van der Waals surface area contributed by atoms with Gasteiger partial charge in [-0.1, -0.05) is 38.9 Å². The largest absolute Gasteiger partial charge is 0.392 e. The van der Waals surface area contributed by atoms with Crippen molar-refractivity contribution in [2.45, 2.75) is 65.8 Å². The Morgan fingerprint density at radius 3 is 1.82 bits per heavy atom. The van der Waals surface area contributed by atoms with E-state index in [0.717, 1.165) is 25.7 Å². The highest BCUT2D eigenvalue weighted by Crippen LogP contribution is 2.31. The van der Waals surface area contributed by atoms with E-state index in [4.69, 9.17) is 18.0 Å². The molecule has 0 radical (unpaired) electrons. The van der Waals surface area contributed by atoms with Crippen LogP contribution >= 0.6 is 12.2 Å². The van der Waals surface area contributed by atoms with Gasteiger partial charge in [0.25, 0.3) is 0 Å². The Kier molecular flexibility index (Phi) is 6.10. The third-order valence-electron chi connectivity index (χ3n) is 2.75. The number of rotatable bonds is 6. The Labute approximate surface area is 111 Å². The molecule has 1 amide bonds. The fourth-order valence-corrected chi connectivity index (χ4v) is 2.32. The number of carbonyl (C=O) groups is 1. The second kappa shape index (κ2) is 6.34. The van der Waals surface area contributed by atoms with Crippen molar-refractivity contribution in [1.82, 2.24) is 5.32 Å². The van der Waals surface area contributed by atoms with Crippen LogP contribution in [0.15, 0.2) is 0 Å². The lowest BCUT2D eigenvalue weighted by atomic mass is 9.77. The minimum atomic E-state index is -0.674. The molecule has 0 saturated carbocycles. The van der Waals surface area contributed by atoms with Crippen molar-refractivity contribution in [2.24, 2.45) is 11.1 Å². The first kappa shape index (κ1) is 16.4. The zero-order valence-electron chi connectivity index (χ0n) is 11.7. The van der Waals surface area contributed by atoms with Gasteiger partial charge in [0.2, 0.25) is 5.91 Å². The van der Waals surface area contributed by atoms with Gasteiger partial charge in [0.05, 0.1) is 10.4 Å². The lowest BCUT2D eigenvalue weighted by molar-refractivity contribution is -0.129. The lowest BCUT2D eigenvalue weighted by Crippen LogP contribution is -2.53. The Morgan fingerprint density at radius 1 is 1.18 bits per heavy atom. The van der Waals surface area contributed by atoms with Gasteiger partial charge in [-0.25, -0.2) is 0 Å². The third-order valence-corrected chi connectivity index (χ3v) is 3.14. The van der Waals surface area contributed by atoms with Crippen molar-refractivity contribution in [3.8, 4) is 0 Å². The van der Waals surface area contributed by atoms with Crippen LogP contribution in [0, 0.1) is 5.41 Å². The summed E-state index contributed by atoms with van der Waals surface area (Å²) in [6, 6.07) is 0. The monoisotopic (exact) mass is 258 g/mol. The standard InChI is InChI=1S/C13H26N2OS/c1-6-8-13(9-7-2,10(14)17)11(16)15-12(3,4)5/h6-9H2,1-5H3,(H2,14,17)(H,15,16). The highest BCUT2D eigenvalue weighted by molar-refractivity contribution is 7.80. The van der Waals surface area contributed by atoms with Crippen LogP contribution in [-0.4, -0.2) is 16.4 Å². The van der Waals surface area contributed by atoms with Crippen molar-refractivity contribution >= 4 is 23.1 Å². The molecule has 0 aromatic heterocycles. The number of nitrogens with two attached hydrogens (primary N) is 1. The summed E-state index contributed by atoms with van der Waals surface area (Å²) >= 11 is 5.14. The maximum atomic E-state index is 12.4. The van der Waals surface area contributed by atoms with Crippen molar-refractivity contribution < 1.29 is 4.79 Å². The summed E-state index contributed by atoms with van der Waals surface area (Å²) in [7, 11) is 0. The molecule has 0 spiro atoms. The van der Waals surface area contributed by atoms with Crippen molar-refractivity contribution in [3.63, 3.8) is 0 Å². The fraction of sp³-hybridized carbons (Fsp3) is 0.846. The first-order chi connectivity index (χ1) is 7.69. The van der Waals surface area contributed by atoms with Crippen molar-refractivity contribution in [2.75, 3.05) is 0 Å². The molecule has 0 saturated heterocycles. The van der Waals surface area contributed by atoms with Gasteiger partial charge in [0, 0.05) is 5.54 Å². The van der Waals surface area contributed by atoms with Crippen LogP contribution in [0.4, 0.5) is 0 Å². The van der Waals surface area contributed by atoms with E-state index < -0.39 is 5.41 Å². The van der Waals surface area contributed by atoms with Crippen molar-refractivity contribution in [3.05, 3.63) is 0 Å². The molecule has 0 aliphatic rings. The van der Waals surface area contributed by atoms with E-state index in [1.807, 2.05) is 34.6 Å². The van der Waals surface area contributed by atoms with Gasteiger partial charge in [-0.3, -0.25) is 4.79 Å². The van der Waals surface area contributed by atoms with E-state index in [2.05, 4.69) is 5.32 Å². The van der Waals surface area contributed by atoms with E-state index in [1.165, 1.54) is 0 Å². The van der Waals surface area contributed by atoms with E-state index in [-0.39, 0.29) is 11.4 Å². The third kappa shape index (κ3) is 4.62. The Hall–Kier alpha value is -0.640. The molecule has 0 aromatic rings. The van der Waals surface area contributed by atoms with Gasteiger partial charge in [0.1, 0.15) is 0 Å². The molecule has 0 rings (SSSR count). The number of nitrogens with one attached hydrogen (secondary N) is 1. The average Bonchev–Trinajstić information content (AvgIpc) is 2.13.